The molecule has 2 N–H and O–H groups in total. The highest BCUT2D eigenvalue weighted by atomic mass is 15.1. The molecule has 1 saturated heterocycles. The summed E-state index contributed by atoms with van der Waals surface area (Å²) in [5, 5.41) is 1.26. The Morgan fingerprint density at radius 3 is 2.96 bits per heavy atom. The van der Waals surface area contributed by atoms with Crippen molar-refractivity contribution < 1.29 is 0 Å². The highest BCUT2D eigenvalue weighted by Gasteiger charge is 2.26. The minimum atomic E-state index is 0.372. The number of rotatable bonds is 4. The Morgan fingerprint density at radius 2 is 2.07 bits per heavy atom. The molecule has 142 valence electrons. The molecular weight excluding hydrogens is 348 g/mol. The predicted octanol–water partition coefficient (Wildman–Crippen LogP) is 4.04. The van der Waals surface area contributed by atoms with E-state index in [0.717, 1.165) is 49.0 Å². The summed E-state index contributed by atoms with van der Waals surface area (Å²) in [7, 11) is 0. The van der Waals surface area contributed by atoms with Gasteiger partial charge in [0.25, 0.3) is 0 Å². The largest absolute Gasteiger partial charge is 0.361 e. The number of fused-ring (bicyclic) bond motifs is 1. The monoisotopic (exact) mass is 372 g/mol. The first-order chi connectivity index (χ1) is 13.8. The summed E-state index contributed by atoms with van der Waals surface area (Å²) in [6, 6.07) is 8.81. The molecule has 0 spiro atoms. The molecule has 1 atom stereocenters. The van der Waals surface area contributed by atoms with Crippen molar-refractivity contribution in [3.8, 4) is 11.5 Å². The van der Waals surface area contributed by atoms with Crippen molar-refractivity contribution in [1.82, 2.24) is 29.8 Å². The summed E-state index contributed by atoms with van der Waals surface area (Å²) in [6.07, 6.45) is 9.70. The van der Waals surface area contributed by atoms with Crippen LogP contribution < -0.4 is 0 Å². The first kappa shape index (κ1) is 17.1. The minimum Gasteiger partial charge on any atom is -0.361 e. The molecule has 0 aliphatic carbocycles. The Bertz CT molecular complexity index is 1100. The van der Waals surface area contributed by atoms with Crippen molar-refractivity contribution in [1.29, 1.82) is 0 Å². The first-order valence-corrected chi connectivity index (χ1v) is 9.87. The van der Waals surface area contributed by atoms with Gasteiger partial charge in [-0.3, -0.25) is 9.88 Å². The first-order valence-electron chi connectivity index (χ1n) is 9.87. The van der Waals surface area contributed by atoms with E-state index in [2.05, 4.69) is 49.1 Å². The molecule has 0 amide bonds. The van der Waals surface area contributed by atoms with Crippen LogP contribution in [0.25, 0.3) is 22.4 Å². The molecule has 0 saturated carbocycles. The molecule has 3 aromatic heterocycles. The quantitative estimate of drug-likeness (QED) is 0.567. The number of aromatic nitrogens is 5. The number of aromatic amines is 2. The van der Waals surface area contributed by atoms with E-state index in [9.17, 15) is 0 Å². The Labute approximate surface area is 164 Å². The molecule has 0 unspecified atom stereocenters. The number of nitrogens with one attached hydrogen (secondary N) is 2. The van der Waals surface area contributed by atoms with Gasteiger partial charge in [0.1, 0.15) is 5.69 Å². The molecule has 1 aliphatic rings. The van der Waals surface area contributed by atoms with Gasteiger partial charge in [0.15, 0.2) is 5.82 Å². The average molecular weight is 372 g/mol. The van der Waals surface area contributed by atoms with Crippen LogP contribution in [0.4, 0.5) is 0 Å². The molecular formula is C22H24N6. The fourth-order valence-electron chi connectivity index (χ4n) is 4.24. The number of nitrogens with zero attached hydrogens (tertiary/aromatic N) is 4. The standard InChI is InChI=1S/C22H24N6/c1-15-12-26-22(27-15)21-20(24-8-9-25-21)18-3-2-10-28(14-18)13-16-4-5-17-6-7-23-19(17)11-16/h4-9,11-12,18,23H,2-3,10,13-14H2,1H3,(H,26,27)/t18-/m1/s1. The van der Waals surface area contributed by atoms with E-state index in [1.165, 1.54) is 22.9 Å². The molecule has 4 aromatic rings. The fraction of sp³-hybridized carbons (Fsp3) is 0.318. The summed E-state index contributed by atoms with van der Waals surface area (Å²) < 4.78 is 0. The number of benzene rings is 1. The van der Waals surface area contributed by atoms with Crippen LogP contribution >= 0.6 is 0 Å². The smallest absolute Gasteiger partial charge is 0.158 e. The zero-order valence-corrected chi connectivity index (χ0v) is 16.0. The molecule has 5 rings (SSSR count). The molecule has 6 heteroatoms. The topological polar surface area (TPSA) is 73.5 Å². The van der Waals surface area contributed by atoms with Crippen molar-refractivity contribution in [2.45, 2.75) is 32.2 Å². The third-order valence-corrected chi connectivity index (χ3v) is 5.57. The normalized spacial score (nSPS) is 18.0. The van der Waals surface area contributed by atoms with Gasteiger partial charge in [0, 0.05) is 55.0 Å². The van der Waals surface area contributed by atoms with Crippen LogP contribution in [0.15, 0.2) is 49.1 Å². The highest BCUT2D eigenvalue weighted by molar-refractivity contribution is 5.79. The second kappa shape index (κ2) is 7.20. The fourth-order valence-corrected chi connectivity index (χ4v) is 4.24. The van der Waals surface area contributed by atoms with Gasteiger partial charge in [-0.2, -0.15) is 0 Å². The van der Waals surface area contributed by atoms with E-state index < -0.39 is 0 Å². The summed E-state index contributed by atoms with van der Waals surface area (Å²) in [5.74, 6) is 1.19. The van der Waals surface area contributed by atoms with Crippen LogP contribution in [0.5, 0.6) is 0 Å². The summed E-state index contributed by atoms with van der Waals surface area (Å²) >= 11 is 0. The van der Waals surface area contributed by atoms with Gasteiger partial charge in [-0.15, -0.1) is 0 Å². The van der Waals surface area contributed by atoms with Crippen molar-refractivity contribution in [2.75, 3.05) is 13.1 Å². The number of hydrogen-bond donors (Lipinski definition) is 2. The van der Waals surface area contributed by atoms with E-state index in [1.54, 1.807) is 12.4 Å². The summed E-state index contributed by atoms with van der Waals surface area (Å²) in [4.78, 5) is 22.9. The molecule has 1 fully saturated rings. The van der Waals surface area contributed by atoms with Gasteiger partial charge in [-0.25, -0.2) is 9.97 Å². The summed E-state index contributed by atoms with van der Waals surface area (Å²) in [6.45, 7) is 5.08. The Kier molecular flexibility index (Phi) is 4.41. The van der Waals surface area contributed by atoms with E-state index in [4.69, 9.17) is 4.98 Å². The second-order valence-electron chi connectivity index (χ2n) is 7.68. The molecule has 28 heavy (non-hydrogen) atoms. The Morgan fingerprint density at radius 1 is 1.14 bits per heavy atom. The van der Waals surface area contributed by atoms with Crippen molar-refractivity contribution in [3.05, 3.63) is 66.0 Å². The number of hydrogen-bond acceptors (Lipinski definition) is 4. The highest BCUT2D eigenvalue weighted by Crippen LogP contribution is 2.31. The van der Waals surface area contributed by atoms with Crippen LogP contribution in [-0.2, 0) is 6.54 Å². The zero-order chi connectivity index (χ0) is 18.9. The minimum absolute atomic E-state index is 0.372. The predicted molar refractivity (Wildman–Crippen MR) is 110 cm³/mol. The second-order valence-corrected chi connectivity index (χ2v) is 7.68. The van der Waals surface area contributed by atoms with Gasteiger partial charge >= 0.3 is 0 Å². The van der Waals surface area contributed by atoms with Crippen LogP contribution in [-0.4, -0.2) is 42.9 Å². The van der Waals surface area contributed by atoms with Crippen molar-refractivity contribution in [2.24, 2.45) is 0 Å². The molecule has 1 aliphatic heterocycles. The number of aryl methyl sites for hydroxylation is 1. The van der Waals surface area contributed by atoms with E-state index >= 15 is 0 Å². The number of piperidine rings is 1. The van der Waals surface area contributed by atoms with Gasteiger partial charge in [0.2, 0.25) is 0 Å². The lowest BCUT2D eigenvalue weighted by molar-refractivity contribution is 0.198. The lowest BCUT2D eigenvalue weighted by atomic mass is 9.92. The number of likely N-dealkylation sites (tertiary alicyclic amines) is 1. The molecule has 1 aromatic carbocycles. The lowest BCUT2D eigenvalue weighted by Gasteiger charge is -2.32. The van der Waals surface area contributed by atoms with Gasteiger partial charge in [-0.05, 0) is 49.4 Å². The van der Waals surface area contributed by atoms with Crippen LogP contribution in [0.2, 0.25) is 0 Å². The van der Waals surface area contributed by atoms with Gasteiger partial charge in [-0.1, -0.05) is 12.1 Å². The molecule has 6 nitrogen and oxygen atoms in total. The SMILES string of the molecule is Cc1cnc(-c2nccnc2[C@@H]2CCCN(Cc3ccc4cc[nH]c4c3)C2)[nH]1. The van der Waals surface area contributed by atoms with E-state index in [-0.39, 0.29) is 0 Å². The van der Waals surface area contributed by atoms with E-state index in [1.807, 2.05) is 19.3 Å². The maximum atomic E-state index is 4.71. The van der Waals surface area contributed by atoms with Crippen LogP contribution in [0.3, 0.4) is 0 Å². The van der Waals surface area contributed by atoms with Gasteiger partial charge in [0.05, 0.1) is 5.69 Å². The third kappa shape index (κ3) is 3.31. The van der Waals surface area contributed by atoms with Crippen molar-refractivity contribution in [3.63, 3.8) is 0 Å². The van der Waals surface area contributed by atoms with Crippen molar-refractivity contribution >= 4 is 10.9 Å². The molecule has 4 heterocycles. The maximum Gasteiger partial charge on any atom is 0.158 e. The molecule has 0 bridgehead atoms. The number of imidazole rings is 1. The Balaban J connectivity index is 1.37. The van der Waals surface area contributed by atoms with Crippen LogP contribution in [0, 0.1) is 6.92 Å². The summed E-state index contributed by atoms with van der Waals surface area (Å²) in [5.41, 5.74) is 5.53. The van der Waals surface area contributed by atoms with E-state index in [0.29, 0.717) is 5.92 Å². The molecule has 0 radical (unpaired) electrons. The number of H-pyrrole nitrogens is 2. The Hall–Kier alpha value is -2.99. The maximum absolute atomic E-state index is 4.71. The van der Waals surface area contributed by atoms with Gasteiger partial charge < -0.3 is 9.97 Å². The lowest BCUT2D eigenvalue weighted by Crippen LogP contribution is -2.34. The average Bonchev–Trinajstić information content (AvgIpc) is 3.36. The third-order valence-electron chi connectivity index (χ3n) is 5.57. The zero-order valence-electron chi connectivity index (χ0n) is 16.0. The van der Waals surface area contributed by atoms with Crippen LogP contribution in [0.1, 0.15) is 35.7 Å².